The number of benzene rings is 3. The summed E-state index contributed by atoms with van der Waals surface area (Å²) in [5.41, 5.74) is 2.26. The van der Waals surface area contributed by atoms with Gasteiger partial charge in [-0.3, -0.25) is 14.7 Å². The molecule has 11 unspecified atom stereocenters. The minimum Gasteiger partial charge on any atom is -0.489 e. The molecule has 0 radical (unpaired) electrons. The van der Waals surface area contributed by atoms with E-state index in [4.69, 9.17) is 25.8 Å². The number of hydrogen-bond donors (Lipinski definition) is 0. The van der Waals surface area contributed by atoms with E-state index in [0.717, 1.165) is 93.6 Å². The molecule has 6 nitrogen and oxygen atoms in total. The lowest BCUT2D eigenvalue weighted by Gasteiger charge is -2.63. The molecule has 0 aromatic heterocycles. The molecule has 51 heavy (non-hydrogen) atoms. The van der Waals surface area contributed by atoms with Crippen LogP contribution in [-0.2, 0) is 0 Å². The first kappa shape index (κ1) is 33.9. The van der Waals surface area contributed by atoms with Gasteiger partial charge in [0.15, 0.2) is 0 Å². The van der Waals surface area contributed by atoms with Gasteiger partial charge in [-0.1, -0.05) is 17.7 Å². The molecule has 12 rings (SSSR count). The van der Waals surface area contributed by atoms with E-state index in [2.05, 4.69) is 20.8 Å². The van der Waals surface area contributed by atoms with Gasteiger partial charge in [-0.25, -0.2) is 8.78 Å². The minimum absolute atomic E-state index is 0.00439. The number of aryl methyl sites for hydroxylation is 3. The molecule has 3 aromatic carbocycles. The number of halogens is 3. The maximum absolute atomic E-state index is 14.7. The Bertz CT molecular complexity index is 1770. The Morgan fingerprint density at radius 2 is 1.22 bits per heavy atom. The highest BCUT2D eigenvalue weighted by Crippen LogP contribution is 2.51. The molecule has 0 aliphatic carbocycles. The van der Waals surface area contributed by atoms with Gasteiger partial charge in [0, 0.05) is 42.6 Å². The zero-order chi connectivity index (χ0) is 35.0. The molecule has 0 amide bonds. The monoisotopic (exact) mass is 717 g/mol. The lowest BCUT2D eigenvalue weighted by molar-refractivity contribution is -0.181. The normalized spacial score (nSPS) is 38.1. The van der Waals surface area contributed by atoms with Crippen molar-refractivity contribution >= 4 is 11.6 Å². The summed E-state index contributed by atoms with van der Waals surface area (Å²) in [7, 11) is 0. The molecule has 0 saturated carbocycles. The second kappa shape index (κ2) is 13.5. The molecule has 0 spiro atoms. The summed E-state index contributed by atoms with van der Waals surface area (Å²) >= 11 is 6.37. The number of fused-ring (bicyclic) bond motifs is 11. The Morgan fingerprint density at radius 1 is 0.569 bits per heavy atom. The van der Waals surface area contributed by atoms with Crippen molar-refractivity contribution in [2.45, 2.75) is 76.9 Å². The van der Waals surface area contributed by atoms with Crippen LogP contribution in [0.1, 0.15) is 42.4 Å². The van der Waals surface area contributed by atoms with Gasteiger partial charge >= 0.3 is 0 Å². The van der Waals surface area contributed by atoms with E-state index in [-0.39, 0.29) is 42.0 Å². The molecule has 272 valence electrons. The van der Waals surface area contributed by atoms with E-state index in [1.807, 2.05) is 44.2 Å². The van der Waals surface area contributed by atoms with Gasteiger partial charge in [0.25, 0.3) is 0 Å². The first-order valence-electron chi connectivity index (χ1n) is 19.2. The average molecular weight is 718 g/mol. The zero-order valence-electron chi connectivity index (χ0n) is 29.9. The topological polar surface area (TPSA) is 37.4 Å². The summed E-state index contributed by atoms with van der Waals surface area (Å²) in [6.07, 6.45) is 4.43. The lowest BCUT2D eigenvalue weighted by atomic mass is 9.61. The Hall–Kier alpha value is -2.91. The highest BCUT2D eigenvalue weighted by Gasteiger charge is 2.60. The molecular formula is C42H50ClF2N3O3. The highest BCUT2D eigenvalue weighted by atomic mass is 35.5. The summed E-state index contributed by atoms with van der Waals surface area (Å²) in [4.78, 5) is 8.00. The van der Waals surface area contributed by atoms with Crippen LogP contribution in [0.15, 0.2) is 54.6 Å². The Morgan fingerprint density at radius 3 is 1.98 bits per heavy atom. The first-order chi connectivity index (χ1) is 24.7. The van der Waals surface area contributed by atoms with Crippen molar-refractivity contribution in [3.63, 3.8) is 0 Å². The van der Waals surface area contributed by atoms with Crippen molar-refractivity contribution in [1.29, 1.82) is 0 Å². The van der Waals surface area contributed by atoms with Crippen molar-refractivity contribution in [2.75, 3.05) is 45.8 Å². The van der Waals surface area contributed by atoms with E-state index in [1.165, 1.54) is 0 Å². The van der Waals surface area contributed by atoms with Crippen LogP contribution in [0.5, 0.6) is 17.2 Å². The van der Waals surface area contributed by atoms with Gasteiger partial charge in [0.2, 0.25) is 0 Å². The van der Waals surface area contributed by atoms with E-state index in [1.54, 1.807) is 25.1 Å². The number of nitrogens with zero attached hydrogens (tertiary/aromatic N) is 3. The van der Waals surface area contributed by atoms with Gasteiger partial charge in [-0.2, -0.15) is 0 Å². The van der Waals surface area contributed by atoms with Crippen molar-refractivity contribution in [3.8, 4) is 17.2 Å². The molecule has 9 saturated heterocycles. The van der Waals surface area contributed by atoms with Crippen LogP contribution in [-0.4, -0.2) is 90.9 Å². The molecule has 9 heteroatoms. The molecule has 6 bridgehead atoms. The third-order valence-corrected chi connectivity index (χ3v) is 14.0. The second-order valence-corrected chi connectivity index (χ2v) is 16.8. The fraction of sp³-hybridized carbons (Fsp3) is 0.571. The van der Waals surface area contributed by atoms with Gasteiger partial charge in [-0.05, 0) is 150 Å². The number of rotatable bonds is 8. The minimum atomic E-state index is -0.218. The lowest BCUT2D eigenvalue weighted by Crippen LogP contribution is -2.74. The van der Waals surface area contributed by atoms with Gasteiger partial charge < -0.3 is 14.2 Å². The van der Waals surface area contributed by atoms with Crippen molar-refractivity contribution in [1.82, 2.24) is 14.7 Å². The maximum Gasteiger partial charge on any atom is 0.129 e. The number of piperidine rings is 9. The largest absolute Gasteiger partial charge is 0.489 e. The smallest absolute Gasteiger partial charge is 0.129 e. The Balaban J connectivity index is 1.04. The predicted octanol–water partition coefficient (Wildman–Crippen LogP) is 7.55. The maximum atomic E-state index is 14.7. The zero-order valence-corrected chi connectivity index (χ0v) is 30.7. The van der Waals surface area contributed by atoms with Crippen LogP contribution in [0.4, 0.5) is 8.78 Å². The summed E-state index contributed by atoms with van der Waals surface area (Å²) < 4.78 is 50.0. The SMILES string of the molecule is Cc1cc(OC2C3CCN(CC3C3C(Oc4ccc(C)c(F)c4)C4CCN3CC4)C2C2CN3CCC2C(Oc2ccc(Cl)c(C)c2)C3)ccc1F. The summed E-state index contributed by atoms with van der Waals surface area (Å²) in [5.74, 6) is 3.72. The first-order valence-corrected chi connectivity index (χ1v) is 19.6. The molecular weight excluding hydrogens is 668 g/mol. The quantitative estimate of drug-likeness (QED) is 0.240. The summed E-state index contributed by atoms with van der Waals surface area (Å²) in [6, 6.07) is 17.0. The Kier molecular flexibility index (Phi) is 8.97. The summed E-state index contributed by atoms with van der Waals surface area (Å²) in [6.45, 7) is 12.9. The van der Waals surface area contributed by atoms with Crippen LogP contribution >= 0.6 is 11.6 Å². The third kappa shape index (κ3) is 6.22. The molecule has 9 fully saturated rings. The Labute approximate surface area is 306 Å². The molecule has 11 atom stereocenters. The molecule has 9 aliphatic rings. The summed E-state index contributed by atoms with van der Waals surface area (Å²) in [5, 5.41) is 0.756. The molecule has 9 heterocycles. The van der Waals surface area contributed by atoms with Crippen LogP contribution in [0.2, 0.25) is 5.02 Å². The number of ether oxygens (including phenoxy) is 3. The van der Waals surface area contributed by atoms with Crippen LogP contribution in [0, 0.1) is 62.0 Å². The van der Waals surface area contributed by atoms with Crippen LogP contribution in [0.25, 0.3) is 0 Å². The van der Waals surface area contributed by atoms with E-state index in [0.29, 0.717) is 46.5 Å². The fourth-order valence-corrected chi connectivity index (χ4v) is 11.1. The van der Waals surface area contributed by atoms with E-state index >= 15 is 0 Å². The molecule has 3 aromatic rings. The van der Waals surface area contributed by atoms with Gasteiger partial charge in [0.1, 0.15) is 47.2 Å². The van der Waals surface area contributed by atoms with Crippen molar-refractivity contribution < 1.29 is 23.0 Å². The van der Waals surface area contributed by atoms with Gasteiger partial charge in [-0.15, -0.1) is 0 Å². The van der Waals surface area contributed by atoms with Crippen LogP contribution < -0.4 is 14.2 Å². The van der Waals surface area contributed by atoms with Crippen molar-refractivity contribution in [2.24, 2.45) is 29.6 Å². The standard InChI is InChI=1S/C42H50ClF2N3O3/c1-24-4-5-30(20-37(24)45)50-41-27-10-15-47(16-11-27)39(41)34-22-48-17-13-32(34)42(51-29-7-9-36(44)26(3)19-29)40(48)33-21-46-14-12-31(33)38(23-46)49-28-6-8-35(43)25(2)18-28/h4-9,18-20,27,31-34,38-42H,10-17,21-23H2,1-3H3. The second-order valence-electron chi connectivity index (χ2n) is 16.4. The number of hydrogen-bond acceptors (Lipinski definition) is 6. The third-order valence-electron chi connectivity index (χ3n) is 13.5. The molecule has 9 aliphatic heterocycles. The molecule has 0 N–H and O–H groups in total. The van der Waals surface area contributed by atoms with E-state index in [9.17, 15) is 8.78 Å². The van der Waals surface area contributed by atoms with Crippen molar-refractivity contribution in [3.05, 3.63) is 87.9 Å². The predicted molar refractivity (Wildman–Crippen MR) is 195 cm³/mol. The van der Waals surface area contributed by atoms with Crippen LogP contribution in [0.3, 0.4) is 0 Å². The fourth-order valence-electron chi connectivity index (χ4n) is 11.0. The average Bonchev–Trinajstić information content (AvgIpc) is 3.14. The van der Waals surface area contributed by atoms with E-state index < -0.39 is 0 Å². The van der Waals surface area contributed by atoms with Gasteiger partial charge in [0.05, 0.1) is 12.1 Å². The highest BCUT2D eigenvalue weighted by molar-refractivity contribution is 6.31.